The average Bonchev–Trinajstić information content (AvgIpc) is 2.72. The molecular formula is C11H11NO5. The smallest absolute Gasteiger partial charge is 0.323 e. The number of hydrogen-bond acceptors (Lipinski definition) is 4. The highest BCUT2D eigenvalue weighted by molar-refractivity contribution is 5.96. The zero-order valence-corrected chi connectivity index (χ0v) is 9.17. The van der Waals surface area contributed by atoms with Gasteiger partial charge in [0.25, 0.3) is 0 Å². The summed E-state index contributed by atoms with van der Waals surface area (Å²) in [7, 11) is 0. The molecule has 0 saturated carbocycles. The van der Waals surface area contributed by atoms with Gasteiger partial charge in [-0.25, -0.2) is 0 Å². The number of fused-ring (bicyclic) bond motifs is 1. The Balaban J connectivity index is 2.30. The molecule has 0 fully saturated rings. The summed E-state index contributed by atoms with van der Waals surface area (Å²) in [6.45, 7) is 1.07. The Bertz CT molecular complexity index is 471. The van der Waals surface area contributed by atoms with Gasteiger partial charge in [-0.2, -0.15) is 0 Å². The van der Waals surface area contributed by atoms with E-state index in [-0.39, 0.29) is 19.2 Å². The number of carboxylic acid groups (broad SMARTS) is 1. The third-order valence-electron chi connectivity index (χ3n) is 2.34. The molecule has 17 heavy (non-hydrogen) atoms. The molecule has 2 rings (SSSR count). The summed E-state index contributed by atoms with van der Waals surface area (Å²) in [6.07, 6.45) is 0. The number of carbonyl (C=O) groups is 2. The number of amides is 1. The third kappa shape index (κ3) is 2.30. The number of anilines is 1. The zero-order chi connectivity index (χ0) is 12.4. The second-order valence-corrected chi connectivity index (χ2v) is 3.54. The van der Waals surface area contributed by atoms with Crippen molar-refractivity contribution in [1.29, 1.82) is 0 Å². The highest BCUT2D eigenvalue weighted by Crippen LogP contribution is 2.35. The Kier molecular flexibility index (Phi) is 2.86. The van der Waals surface area contributed by atoms with E-state index in [2.05, 4.69) is 0 Å². The standard InChI is InChI=1S/C11H11NO5/c1-7(13)12(5-11(14)15)8-2-3-9-10(4-8)17-6-16-9/h2-4H,5-6H2,1H3,(H,14,15). The van der Waals surface area contributed by atoms with Crippen molar-refractivity contribution in [3.63, 3.8) is 0 Å². The topological polar surface area (TPSA) is 76.1 Å². The molecule has 1 aromatic carbocycles. The molecule has 1 aromatic rings. The molecule has 0 saturated heterocycles. The molecule has 0 spiro atoms. The lowest BCUT2D eigenvalue weighted by molar-refractivity contribution is -0.136. The van der Waals surface area contributed by atoms with Crippen LogP contribution in [0.15, 0.2) is 18.2 Å². The molecule has 6 heteroatoms. The summed E-state index contributed by atoms with van der Waals surface area (Å²) < 4.78 is 10.3. The van der Waals surface area contributed by atoms with Crippen LogP contribution < -0.4 is 14.4 Å². The van der Waals surface area contributed by atoms with Crippen molar-refractivity contribution < 1.29 is 24.2 Å². The first-order valence-corrected chi connectivity index (χ1v) is 4.97. The van der Waals surface area contributed by atoms with Gasteiger partial charge in [0.05, 0.1) is 0 Å². The van der Waals surface area contributed by atoms with Crippen LogP contribution >= 0.6 is 0 Å². The van der Waals surface area contributed by atoms with E-state index in [9.17, 15) is 9.59 Å². The van der Waals surface area contributed by atoms with Gasteiger partial charge in [0.1, 0.15) is 6.54 Å². The molecule has 0 aromatic heterocycles. The zero-order valence-electron chi connectivity index (χ0n) is 9.17. The third-order valence-corrected chi connectivity index (χ3v) is 2.34. The minimum Gasteiger partial charge on any atom is -0.480 e. The minimum atomic E-state index is -1.07. The fraction of sp³-hybridized carbons (Fsp3) is 0.273. The Morgan fingerprint density at radius 3 is 2.71 bits per heavy atom. The molecule has 0 unspecified atom stereocenters. The van der Waals surface area contributed by atoms with E-state index in [1.165, 1.54) is 6.92 Å². The predicted molar refractivity (Wildman–Crippen MR) is 58.2 cm³/mol. The second kappa shape index (κ2) is 4.32. The van der Waals surface area contributed by atoms with Gasteiger partial charge in [0, 0.05) is 18.7 Å². The van der Waals surface area contributed by atoms with Crippen molar-refractivity contribution in [2.45, 2.75) is 6.92 Å². The summed E-state index contributed by atoms with van der Waals surface area (Å²) in [5.41, 5.74) is 0.476. The van der Waals surface area contributed by atoms with Gasteiger partial charge in [-0.15, -0.1) is 0 Å². The lowest BCUT2D eigenvalue weighted by atomic mass is 10.2. The van der Waals surface area contributed by atoms with Gasteiger partial charge < -0.3 is 19.5 Å². The van der Waals surface area contributed by atoms with Crippen molar-refractivity contribution in [1.82, 2.24) is 0 Å². The minimum absolute atomic E-state index is 0.137. The number of nitrogens with zero attached hydrogens (tertiary/aromatic N) is 1. The van der Waals surface area contributed by atoms with Crippen LogP contribution in [-0.2, 0) is 9.59 Å². The Morgan fingerprint density at radius 1 is 1.35 bits per heavy atom. The van der Waals surface area contributed by atoms with Crippen LogP contribution in [0, 0.1) is 0 Å². The number of rotatable bonds is 3. The lowest BCUT2D eigenvalue weighted by Gasteiger charge is -2.18. The Labute approximate surface area is 97.4 Å². The van der Waals surface area contributed by atoms with Crippen LogP contribution in [0.1, 0.15) is 6.92 Å². The van der Waals surface area contributed by atoms with Crippen LogP contribution in [0.3, 0.4) is 0 Å². The van der Waals surface area contributed by atoms with Crippen molar-refractivity contribution in [3.05, 3.63) is 18.2 Å². The Morgan fingerprint density at radius 2 is 2.06 bits per heavy atom. The van der Waals surface area contributed by atoms with Gasteiger partial charge in [0.15, 0.2) is 11.5 Å². The van der Waals surface area contributed by atoms with E-state index < -0.39 is 5.97 Å². The van der Waals surface area contributed by atoms with Crippen molar-refractivity contribution in [2.24, 2.45) is 0 Å². The Hall–Kier alpha value is -2.24. The quantitative estimate of drug-likeness (QED) is 0.843. The number of carboxylic acids is 1. The van der Waals surface area contributed by atoms with E-state index in [1.807, 2.05) is 0 Å². The van der Waals surface area contributed by atoms with Crippen molar-refractivity contribution in [3.8, 4) is 11.5 Å². The number of aliphatic carboxylic acids is 1. The van der Waals surface area contributed by atoms with Crippen LogP contribution in [0.5, 0.6) is 11.5 Å². The van der Waals surface area contributed by atoms with E-state index in [4.69, 9.17) is 14.6 Å². The van der Waals surface area contributed by atoms with Gasteiger partial charge in [0.2, 0.25) is 12.7 Å². The molecular weight excluding hydrogens is 226 g/mol. The number of hydrogen-bond donors (Lipinski definition) is 1. The average molecular weight is 237 g/mol. The number of ether oxygens (including phenoxy) is 2. The summed E-state index contributed by atoms with van der Waals surface area (Å²) in [6, 6.07) is 4.86. The molecule has 1 heterocycles. The maximum atomic E-state index is 11.4. The maximum absolute atomic E-state index is 11.4. The molecule has 1 N–H and O–H groups in total. The second-order valence-electron chi connectivity index (χ2n) is 3.54. The molecule has 1 aliphatic heterocycles. The highest BCUT2D eigenvalue weighted by Gasteiger charge is 2.19. The first kappa shape index (κ1) is 11.3. The molecule has 0 atom stereocenters. The van der Waals surface area contributed by atoms with Gasteiger partial charge in [-0.05, 0) is 12.1 Å². The van der Waals surface area contributed by atoms with Gasteiger partial charge in [-0.1, -0.05) is 0 Å². The van der Waals surface area contributed by atoms with E-state index in [1.54, 1.807) is 18.2 Å². The van der Waals surface area contributed by atoms with Crippen LogP contribution in [0.2, 0.25) is 0 Å². The highest BCUT2D eigenvalue weighted by atomic mass is 16.7. The fourth-order valence-corrected chi connectivity index (χ4v) is 1.57. The number of benzene rings is 1. The monoisotopic (exact) mass is 237 g/mol. The fourth-order valence-electron chi connectivity index (χ4n) is 1.57. The normalized spacial score (nSPS) is 12.3. The molecule has 90 valence electrons. The molecule has 1 aliphatic rings. The summed E-state index contributed by atoms with van der Waals surface area (Å²) >= 11 is 0. The van der Waals surface area contributed by atoms with Crippen LogP contribution in [0.25, 0.3) is 0 Å². The van der Waals surface area contributed by atoms with E-state index in [0.717, 1.165) is 4.90 Å². The molecule has 6 nitrogen and oxygen atoms in total. The predicted octanol–water partition coefficient (Wildman–Crippen LogP) is 0.853. The lowest BCUT2D eigenvalue weighted by Crippen LogP contribution is -2.33. The first-order chi connectivity index (χ1) is 8.08. The van der Waals surface area contributed by atoms with E-state index in [0.29, 0.717) is 17.2 Å². The maximum Gasteiger partial charge on any atom is 0.323 e. The van der Waals surface area contributed by atoms with Crippen molar-refractivity contribution >= 4 is 17.6 Å². The first-order valence-electron chi connectivity index (χ1n) is 4.97. The van der Waals surface area contributed by atoms with Crippen molar-refractivity contribution in [2.75, 3.05) is 18.2 Å². The largest absolute Gasteiger partial charge is 0.480 e. The molecule has 0 radical (unpaired) electrons. The SMILES string of the molecule is CC(=O)N(CC(=O)O)c1ccc2c(c1)OCO2. The van der Waals surface area contributed by atoms with Crippen LogP contribution in [0.4, 0.5) is 5.69 Å². The molecule has 1 amide bonds. The van der Waals surface area contributed by atoms with E-state index >= 15 is 0 Å². The number of carbonyl (C=O) groups excluding carboxylic acids is 1. The summed E-state index contributed by atoms with van der Waals surface area (Å²) in [5.74, 6) is -0.309. The summed E-state index contributed by atoms with van der Waals surface area (Å²) in [4.78, 5) is 23.2. The van der Waals surface area contributed by atoms with Gasteiger partial charge >= 0.3 is 5.97 Å². The summed E-state index contributed by atoms with van der Waals surface area (Å²) in [5, 5.41) is 8.74. The van der Waals surface area contributed by atoms with Gasteiger partial charge in [-0.3, -0.25) is 9.59 Å². The van der Waals surface area contributed by atoms with Crippen LogP contribution in [-0.4, -0.2) is 30.3 Å². The molecule has 0 bridgehead atoms. The molecule has 0 aliphatic carbocycles.